The molecule has 0 heterocycles. The van der Waals surface area contributed by atoms with Crippen molar-refractivity contribution < 1.29 is 25.3 Å². The van der Waals surface area contributed by atoms with Gasteiger partial charge in [0.25, 0.3) is 0 Å². The van der Waals surface area contributed by atoms with Crippen LogP contribution < -0.4 is 5.73 Å². The summed E-state index contributed by atoms with van der Waals surface area (Å²) in [6.07, 6.45) is 0.491. The summed E-state index contributed by atoms with van der Waals surface area (Å²) >= 11 is 0. The molecule has 0 rings (SSSR count). The van der Waals surface area contributed by atoms with E-state index < -0.39 is 18.0 Å². The van der Waals surface area contributed by atoms with Crippen LogP contribution in [0.1, 0.15) is 19.3 Å². The van der Waals surface area contributed by atoms with Crippen molar-refractivity contribution in [2.45, 2.75) is 25.3 Å². The van der Waals surface area contributed by atoms with Crippen molar-refractivity contribution in [1.29, 1.82) is 0 Å². The molecule has 1 atom stereocenters. The lowest BCUT2D eigenvalue weighted by atomic mass is 10.1. The smallest absolute Gasteiger partial charge is 0.320 e. The molecule has 6 N–H and O–H groups in total. The lowest BCUT2D eigenvalue weighted by Gasteiger charge is -2.02. The Bertz CT molecular complexity index is 158. The first kappa shape index (κ1) is 13.4. The van der Waals surface area contributed by atoms with Crippen LogP contribution in [0.25, 0.3) is 0 Å². The fourth-order valence-electron chi connectivity index (χ4n) is 0.597. The predicted octanol–water partition coefficient (Wildman–Crippen LogP) is -1.17. The van der Waals surface area contributed by atoms with Crippen molar-refractivity contribution in [2.75, 3.05) is 0 Å². The molecule has 6 heteroatoms. The maximum absolute atomic E-state index is 10.1. The second kappa shape index (κ2) is 6.56. The first-order valence-corrected chi connectivity index (χ1v) is 3.24. The van der Waals surface area contributed by atoms with Crippen LogP contribution in [-0.4, -0.2) is 33.7 Å². The minimum Gasteiger partial charge on any atom is -0.481 e. The number of carboxylic acid groups (broad SMARTS) is 2. The van der Waals surface area contributed by atoms with Gasteiger partial charge in [0.05, 0.1) is 0 Å². The third-order valence-electron chi connectivity index (χ3n) is 1.22. The first-order valence-electron chi connectivity index (χ1n) is 3.24. The first-order chi connectivity index (χ1) is 5.04. The Kier molecular flexibility index (Phi) is 7.36. The molecule has 0 aromatic heterocycles. The van der Waals surface area contributed by atoms with Gasteiger partial charge in [-0.2, -0.15) is 0 Å². The maximum atomic E-state index is 10.1. The van der Waals surface area contributed by atoms with Gasteiger partial charge in [-0.3, -0.25) is 9.59 Å². The molecule has 0 bridgehead atoms. The van der Waals surface area contributed by atoms with Crippen LogP contribution >= 0.6 is 0 Å². The van der Waals surface area contributed by atoms with Crippen LogP contribution in [0.3, 0.4) is 0 Å². The lowest BCUT2D eigenvalue weighted by Crippen LogP contribution is -2.29. The Labute approximate surface area is 69.3 Å². The van der Waals surface area contributed by atoms with Gasteiger partial charge in [0, 0.05) is 6.42 Å². The Hall–Kier alpha value is -1.14. The Morgan fingerprint density at radius 1 is 1.33 bits per heavy atom. The van der Waals surface area contributed by atoms with Gasteiger partial charge in [-0.15, -0.1) is 0 Å². The second-order valence-corrected chi connectivity index (χ2v) is 2.23. The molecule has 6 nitrogen and oxygen atoms in total. The van der Waals surface area contributed by atoms with Crippen molar-refractivity contribution in [1.82, 2.24) is 0 Å². The highest BCUT2D eigenvalue weighted by atomic mass is 16.4. The molecule has 0 aliphatic heterocycles. The van der Waals surface area contributed by atoms with Crippen LogP contribution in [0.15, 0.2) is 0 Å². The molecule has 0 spiro atoms. The van der Waals surface area contributed by atoms with Gasteiger partial charge in [0.15, 0.2) is 0 Å². The summed E-state index contributed by atoms with van der Waals surface area (Å²) in [6, 6.07) is -0.936. The minimum absolute atomic E-state index is 0. The van der Waals surface area contributed by atoms with Crippen LogP contribution in [0.2, 0.25) is 0 Å². The van der Waals surface area contributed by atoms with Crippen molar-refractivity contribution in [3.63, 3.8) is 0 Å². The van der Waals surface area contributed by atoms with E-state index in [2.05, 4.69) is 0 Å². The highest BCUT2D eigenvalue weighted by molar-refractivity contribution is 5.73. The standard InChI is InChI=1S/C6H11NO4.H2O/c7-4(6(10)11)2-1-3-5(8)9;/h4H,1-3,7H2,(H,8,9)(H,10,11);1H2. The average molecular weight is 179 g/mol. The van der Waals surface area contributed by atoms with Crippen LogP contribution in [0.4, 0.5) is 0 Å². The molecule has 0 aromatic carbocycles. The van der Waals surface area contributed by atoms with E-state index in [4.69, 9.17) is 15.9 Å². The fourth-order valence-corrected chi connectivity index (χ4v) is 0.597. The average Bonchev–Trinajstić information content (AvgIpc) is 1.86. The van der Waals surface area contributed by atoms with E-state index >= 15 is 0 Å². The Morgan fingerprint density at radius 3 is 2.17 bits per heavy atom. The molecule has 12 heavy (non-hydrogen) atoms. The zero-order valence-corrected chi connectivity index (χ0v) is 6.49. The predicted molar refractivity (Wildman–Crippen MR) is 40.7 cm³/mol. The number of aliphatic carboxylic acids is 2. The summed E-state index contributed by atoms with van der Waals surface area (Å²) in [5, 5.41) is 16.5. The quantitative estimate of drug-likeness (QED) is 0.489. The van der Waals surface area contributed by atoms with E-state index in [1.807, 2.05) is 0 Å². The van der Waals surface area contributed by atoms with Gasteiger partial charge in [-0.25, -0.2) is 0 Å². The molecule has 0 fully saturated rings. The van der Waals surface area contributed by atoms with E-state index in [0.717, 1.165) is 0 Å². The van der Waals surface area contributed by atoms with Gasteiger partial charge in [-0.1, -0.05) is 0 Å². The third kappa shape index (κ3) is 6.97. The molecule has 0 saturated heterocycles. The monoisotopic (exact) mass is 179 g/mol. The van der Waals surface area contributed by atoms with Crippen LogP contribution in [0, 0.1) is 0 Å². The van der Waals surface area contributed by atoms with Gasteiger partial charge in [-0.05, 0) is 12.8 Å². The Morgan fingerprint density at radius 2 is 1.83 bits per heavy atom. The summed E-state index contributed by atoms with van der Waals surface area (Å²) in [5.41, 5.74) is 5.11. The third-order valence-corrected chi connectivity index (χ3v) is 1.22. The number of nitrogens with two attached hydrogens (primary N) is 1. The lowest BCUT2D eigenvalue weighted by molar-refractivity contribution is -0.140. The van der Waals surface area contributed by atoms with E-state index in [-0.39, 0.29) is 18.3 Å². The molecule has 0 aliphatic rings. The van der Waals surface area contributed by atoms with Gasteiger partial charge >= 0.3 is 11.9 Å². The van der Waals surface area contributed by atoms with Crippen molar-refractivity contribution in [3.8, 4) is 0 Å². The van der Waals surface area contributed by atoms with Crippen molar-refractivity contribution in [2.24, 2.45) is 5.73 Å². The molecule has 0 radical (unpaired) electrons. The Balaban J connectivity index is 0. The van der Waals surface area contributed by atoms with Crippen LogP contribution in [-0.2, 0) is 9.59 Å². The van der Waals surface area contributed by atoms with Gasteiger partial charge in [0.2, 0.25) is 0 Å². The molecule has 0 aliphatic carbocycles. The highest BCUT2D eigenvalue weighted by Crippen LogP contribution is 1.98. The number of hydrogen-bond donors (Lipinski definition) is 3. The molecule has 0 aromatic rings. The topological polar surface area (TPSA) is 132 Å². The van der Waals surface area contributed by atoms with Gasteiger partial charge < -0.3 is 21.4 Å². The molecule has 0 saturated carbocycles. The number of hydrogen-bond acceptors (Lipinski definition) is 3. The maximum Gasteiger partial charge on any atom is 0.320 e. The molecule has 0 amide bonds. The number of carboxylic acids is 2. The van der Waals surface area contributed by atoms with E-state index in [0.29, 0.717) is 6.42 Å². The highest BCUT2D eigenvalue weighted by Gasteiger charge is 2.10. The summed E-state index contributed by atoms with van der Waals surface area (Å²) in [5.74, 6) is -2.02. The van der Waals surface area contributed by atoms with Crippen LogP contribution in [0.5, 0.6) is 0 Å². The molecule has 1 unspecified atom stereocenters. The molecular weight excluding hydrogens is 166 g/mol. The summed E-state index contributed by atoms with van der Waals surface area (Å²) < 4.78 is 0. The van der Waals surface area contributed by atoms with Crippen molar-refractivity contribution >= 4 is 11.9 Å². The fraction of sp³-hybridized carbons (Fsp3) is 0.667. The molecular formula is C6H13NO5. The minimum atomic E-state index is -1.09. The summed E-state index contributed by atoms with van der Waals surface area (Å²) in [4.78, 5) is 20.1. The normalized spacial score (nSPS) is 11.4. The van der Waals surface area contributed by atoms with E-state index in [1.165, 1.54) is 0 Å². The summed E-state index contributed by atoms with van der Waals surface area (Å²) in [7, 11) is 0. The van der Waals surface area contributed by atoms with E-state index in [9.17, 15) is 9.59 Å². The van der Waals surface area contributed by atoms with Crippen molar-refractivity contribution in [3.05, 3.63) is 0 Å². The second-order valence-electron chi connectivity index (χ2n) is 2.23. The summed E-state index contributed by atoms with van der Waals surface area (Å²) in [6.45, 7) is 0. The van der Waals surface area contributed by atoms with E-state index in [1.54, 1.807) is 0 Å². The van der Waals surface area contributed by atoms with Gasteiger partial charge in [0.1, 0.15) is 6.04 Å². The number of rotatable bonds is 5. The largest absolute Gasteiger partial charge is 0.481 e. The zero-order valence-electron chi connectivity index (χ0n) is 6.49. The zero-order chi connectivity index (χ0) is 8.85. The number of carbonyl (C=O) groups is 2. The molecule has 72 valence electrons. The SMILES string of the molecule is NC(CCCC(=O)O)C(=O)O.O.